The summed E-state index contributed by atoms with van der Waals surface area (Å²) in [5.41, 5.74) is 0.278. The number of rotatable bonds is 4. The molecule has 2 aliphatic rings. The van der Waals surface area contributed by atoms with Gasteiger partial charge in [-0.15, -0.1) is 0 Å². The third-order valence-electron chi connectivity index (χ3n) is 3.37. The molecule has 0 aromatic carbocycles. The summed E-state index contributed by atoms with van der Waals surface area (Å²) in [6.45, 7) is 2.24. The summed E-state index contributed by atoms with van der Waals surface area (Å²) < 4.78 is 0. The maximum atomic E-state index is 4.61. The Morgan fingerprint density at radius 1 is 1.25 bits per heavy atom. The highest BCUT2D eigenvalue weighted by Gasteiger charge is 2.38. The summed E-state index contributed by atoms with van der Waals surface area (Å²) in [4.78, 5) is 9.11. The molecule has 0 radical (unpaired) electrons. The summed E-state index contributed by atoms with van der Waals surface area (Å²) >= 11 is 0. The topological polar surface area (TPSA) is 49.8 Å². The zero-order valence-corrected chi connectivity index (χ0v) is 9.88. The van der Waals surface area contributed by atoms with Crippen molar-refractivity contribution in [2.24, 2.45) is 0 Å². The van der Waals surface area contributed by atoms with Gasteiger partial charge in [-0.1, -0.05) is 0 Å². The maximum Gasteiger partial charge on any atom is 0.136 e. The summed E-state index contributed by atoms with van der Waals surface area (Å²) in [7, 11) is 1.90. The fourth-order valence-corrected chi connectivity index (χ4v) is 1.80. The molecule has 0 saturated heterocycles. The standard InChI is InChI=1S/C12H18N4/c1-12(5-6-12)16-10-7-9(13-2)14-11(15-10)8-3-4-8/h7-8H,3-6H2,1-2H3,(H2,13,14,15,16). The van der Waals surface area contributed by atoms with Crippen LogP contribution in [0, 0.1) is 0 Å². The van der Waals surface area contributed by atoms with Crippen molar-refractivity contribution in [3.63, 3.8) is 0 Å². The number of hydrogen-bond donors (Lipinski definition) is 2. The summed E-state index contributed by atoms with van der Waals surface area (Å²) in [5, 5.41) is 6.60. The van der Waals surface area contributed by atoms with Gasteiger partial charge in [0.25, 0.3) is 0 Å². The van der Waals surface area contributed by atoms with E-state index >= 15 is 0 Å². The first-order chi connectivity index (χ1) is 7.68. The van der Waals surface area contributed by atoms with Crippen LogP contribution in [-0.4, -0.2) is 22.6 Å². The van der Waals surface area contributed by atoms with E-state index < -0.39 is 0 Å². The molecule has 86 valence electrons. The molecule has 1 heterocycles. The van der Waals surface area contributed by atoms with Crippen LogP contribution in [0.25, 0.3) is 0 Å². The minimum absolute atomic E-state index is 0.278. The highest BCUT2D eigenvalue weighted by atomic mass is 15.1. The van der Waals surface area contributed by atoms with Crippen molar-refractivity contribution in [1.29, 1.82) is 0 Å². The molecule has 2 aliphatic carbocycles. The molecule has 1 aromatic heterocycles. The summed E-state index contributed by atoms with van der Waals surface area (Å²) in [6.07, 6.45) is 4.96. The van der Waals surface area contributed by atoms with E-state index in [1.165, 1.54) is 25.7 Å². The predicted molar refractivity (Wildman–Crippen MR) is 64.8 cm³/mol. The van der Waals surface area contributed by atoms with Crippen LogP contribution in [0.1, 0.15) is 44.3 Å². The molecule has 2 fully saturated rings. The minimum Gasteiger partial charge on any atom is -0.373 e. The molecule has 1 aromatic rings. The number of nitrogens with zero attached hydrogens (tertiary/aromatic N) is 2. The molecule has 3 rings (SSSR count). The molecule has 0 unspecified atom stereocenters. The lowest BCUT2D eigenvalue weighted by atomic mass is 10.3. The molecule has 2 N–H and O–H groups in total. The molecule has 0 amide bonds. The lowest BCUT2D eigenvalue weighted by Crippen LogP contribution is -2.18. The fraction of sp³-hybridized carbons (Fsp3) is 0.667. The van der Waals surface area contributed by atoms with Crippen LogP contribution in [0.2, 0.25) is 0 Å². The van der Waals surface area contributed by atoms with Crippen molar-refractivity contribution >= 4 is 11.6 Å². The predicted octanol–water partition coefficient (Wildman–Crippen LogP) is 2.36. The molecule has 0 bridgehead atoms. The summed E-state index contributed by atoms with van der Waals surface area (Å²) in [5.74, 6) is 3.49. The van der Waals surface area contributed by atoms with Crippen LogP contribution in [0.5, 0.6) is 0 Å². The third kappa shape index (κ3) is 1.96. The molecular weight excluding hydrogens is 200 g/mol. The Labute approximate surface area is 95.9 Å². The quantitative estimate of drug-likeness (QED) is 0.814. The Morgan fingerprint density at radius 2 is 1.94 bits per heavy atom. The van der Waals surface area contributed by atoms with E-state index in [0.29, 0.717) is 5.92 Å². The monoisotopic (exact) mass is 218 g/mol. The van der Waals surface area contributed by atoms with Crippen LogP contribution in [0.4, 0.5) is 11.6 Å². The first-order valence-corrected chi connectivity index (χ1v) is 6.03. The molecule has 2 saturated carbocycles. The smallest absolute Gasteiger partial charge is 0.136 e. The molecular formula is C12H18N4. The van der Waals surface area contributed by atoms with E-state index in [0.717, 1.165) is 17.5 Å². The first-order valence-electron chi connectivity index (χ1n) is 6.03. The zero-order valence-electron chi connectivity index (χ0n) is 9.88. The number of anilines is 2. The Hall–Kier alpha value is -1.32. The SMILES string of the molecule is CNc1cc(NC2(C)CC2)nc(C2CC2)n1. The van der Waals surface area contributed by atoms with Gasteiger partial charge < -0.3 is 10.6 Å². The Morgan fingerprint density at radius 3 is 2.50 bits per heavy atom. The average molecular weight is 218 g/mol. The number of nitrogens with one attached hydrogen (secondary N) is 2. The van der Waals surface area contributed by atoms with Crippen molar-refractivity contribution in [2.75, 3.05) is 17.7 Å². The van der Waals surface area contributed by atoms with Crippen molar-refractivity contribution in [3.8, 4) is 0 Å². The van der Waals surface area contributed by atoms with Gasteiger partial charge in [0, 0.05) is 24.6 Å². The van der Waals surface area contributed by atoms with Gasteiger partial charge in [-0.3, -0.25) is 0 Å². The minimum atomic E-state index is 0.278. The van der Waals surface area contributed by atoms with Gasteiger partial charge in [0.15, 0.2) is 0 Å². The van der Waals surface area contributed by atoms with Gasteiger partial charge in [-0.25, -0.2) is 9.97 Å². The van der Waals surface area contributed by atoms with Crippen LogP contribution in [0.15, 0.2) is 6.07 Å². The van der Waals surface area contributed by atoms with Gasteiger partial charge in [-0.2, -0.15) is 0 Å². The van der Waals surface area contributed by atoms with E-state index in [1.54, 1.807) is 0 Å². The third-order valence-corrected chi connectivity index (χ3v) is 3.37. The van der Waals surface area contributed by atoms with Gasteiger partial charge in [0.05, 0.1) is 0 Å². The maximum absolute atomic E-state index is 4.61. The van der Waals surface area contributed by atoms with Crippen LogP contribution >= 0.6 is 0 Å². The van der Waals surface area contributed by atoms with Crippen molar-refractivity contribution in [2.45, 2.75) is 44.1 Å². The van der Waals surface area contributed by atoms with Crippen molar-refractivity contribution in [3.05, 3.63) is 11.9 Å². The molecule has 0 aliphatic heterocycles. The van der Waals surface area contributed by atoms with Crippen LogP contribution in [-0.2, 0) is 0 Å². The molecule has 4 heteroatoms. The van der Waals surface area contributed by atoms with Gasteiger partial charge >= 0.3 is 0 Å². The lowest BCUT2D eigenvalue weighted by molar-refractivity contribution is 0.811. The van der Waals surface area contributed by atoms with E-state index in [9.17, 15) is 0 Å². The van der Waals surface area contributed by atoms with Crippen LogP contribution in [0.3, 0.4) is 0 Å². The van der Waals surface area contributed by atoms with E-state index in [4.69, 9.17) is 0 Å². The lowest BCUT2D eigenvalue weighted by Gasteiger charge is -2.14. The van der Waals surface area contributed by atoms with E-state index in [2.05, 4.69) is 27.5 Å². The van der Waals surface area contributed by atoms with Gasteiger partial charge in [0.2, 0.25) is 0 Å². The average Bonchev–Trinajstić information content (AvgIpc) is 3.14. The molecule has 16 heavy (non-hydrogen) atoms. The second-order valence-electron chi connectivity index (χ2n) is 5.21. The molecule has 4 nitrogen and oxygen atoms in total. The second-order valence-corrected chi connectivity index (χ2v) is 5.21. The fourth-order valence-electron chi connectivity index (χ4n) is 1.80. The Bertz CT molecular complexity index is 407. The molecule has 0 atom stereocenters. The van der Waals surface area contributed by atoms with Gasteiger partial charge in [-0.05, 0) is 32.6 Å². The highest BCUT2D eigenvalue weighted by Crippen LogP contribution is 2.41. The van der Waals surface area contributed by atoms with Crippen LogP contribution < -0.4 is 10.6 Å². The van der Waals surface area contributed by atoms with E-state index in [-0.39, 0.29) is 5.54 Å². The largest absolute Gasteiger partial charge is 0.373 e. The zero-order chi connectivity index (χ0) is 11.2. The normalized spacial score (nSPS) is 21.6. The molecule has 0 spiro atoms. The van der Waals surface area contributed by atoms with Crippen molar-refractivity contribution in [1.82, 2.24) is 9.97 Å². The first kappa shape index (κ1) is 9.87. The summed E-state index contributed by atoms with van der Waals surface area (Å²) in [6, 6.07) is 2.00. The number of aromatic nitrogens is 2. The highest BCUT2D eigenvalue weighted by molar-refractivity contribution is 5.50. The second kappa shape index (κ2) is 3.34. The van der Waals surface area contributed by atoms with E-state index in [1.807, 2.05) is 13.1 Å². The Balaban J connectivity index is 1.87. The van der Waals surface area contributed by atoms with Gasteiger partial charge in [0.1, 0.15) is 17.5 Å². The number of hydrogen-bond acceptors (Lipinski definition) is 4. The van der Waals surface area contributed by atoms with Crippen molar-refractivity contribution < 1.29 is 0 Å². The Kier molecular flexibility index (Phi) is 2.06.